The average Bonchev–Trinajstić information content (AvgIpc) is 3.33. The number of rotatable bonds is 5. The van der Waals surface area contributed by atoms with Gasteiger partial charge in [0.2, 0.25) is 11.1 Å². The van der Waals surface area contributed by atoms with Crippen LogP contribution in [-0.4, -0.2) is 98.9 Å². The first kappa shape index (κ1) is 20.1. The van der Waals surface area contributed by atoms with Gasteiger partial charge in [-0.05, 0) is 41.1 Å². The van der Waals surface area contributed by atoms with Crippen LogP contribution in [-0.2, 0) is 14.6 Å². The predicted molar refractivity (Wildman–Crippen MR) is 107 cm³/mol. The Morgan fingerprint density at radius 2 is 1.90 bits per heavy atom. The number of phenols is 1. The largest absolute Gasteiger partial charge is 0.508 e. The van der Waals surface area contributed by atoms with Crippen molar-refractivity contribution >= 4 is 27.5 Å². The SMILES string of the molecule is O=C(CSc1nnnn1-c1ccc(O)cc1)N1CCN(C2CCS(=O)(=O)C2)CC1. The number of tetrazole rings is 1. The lowest BCUT2D eigenvalue weighted by molar-refractivity contribution is -0.130. The smallest absolute Gasteiger partial charge is 0.233 e. The van der Waals surface area contributed by atoms with Crippen LogP contribution in [0, 0.1) is 0 Å². The quantitative estimate of drug-likeness (QED) is 0.632. The van der Waals surface area contributed by atoms with Crippen LogP contribution in [0.4, 0.5) is 0 Å². The van der Waals surface area contributed by atoms with E-state index in [4.69, 9.17) is 0 Å². The van der Waals surface area contributed by atoms with Gasteiger partial charge >= 0.3 is 0 Å². The summed E-state index contributed by atoms with van der Waals surface area (Å²) in [7, 11) is -2.90. The molecule has 29 heavy (non-hydrogen) atoms. The summed E-state index contributed by atoms with van der Waals surface area (Å²) < 4.78 is 24.9. The summed E-state index contributed by atoms with van der Waals surface area (Å²) in [5.74, 6) is 0.880. The molecule has 2 aromatic rings. The van der Waals surface area contributed by atoms with Gasteiger partial charge < -0.3 is 10.0 Å². The van der Waals surface area contributed by atoms with Gasteiger partial charge in [-0.25, -0.2) is 8.42 Å². The van der Waals surface area contributed by atoms with Gasteiger partial charge in [0.25, 0.3) is 0 Å². The van der Waals surface area contributed by atoms with Gasteiger partial charge in [0.05, 0.1) is 22.9 Å². The summed E-state index contributed by atoms with van der Waals surface area (Å²) >= 11 is 1.26. The van der Waals surface area contributed by atoms with Crippen LogP contribution in [0.25, 0.3) is 5.69 Å². The molecule has 0 bridgehead atoms. The van der Waals surface area contributed by atoms with Gasteiger partial charge in [-0.2, -0.15) is 4.68 Å². The maximum atomic E-state index is 12.6. The second-order valence-corrected chi connectivity index (χ2v) is 10.3. The van der Waals surface area contributed by atoms with Gasteiger partial charge in [-0.15, -0.1) is 5.10 Å². The zero-order chi connectivity index (χ0) is 20.4. The van der Waals surface area contributed by atoms with Crippen molar-refractivity contribution < 1.29 is 18.3 Å². The van der Waals surface area contributed by atoms with E-state index in [1.807, 2.05) is 4.90 Å². The molecule has 1 atom stereocenters. The maximum absolute atomic E-state index is 12.6. The zero-order valence-electron chi connectivity index (χ0n) is 15.7. The van der Waals surface area contributed by atoms with E-state index < -0.39 is 9.84 Å². The molecule has 0 aliphatic carbocycles. The minimum Gasteiger partial charge on any atom is -0.508 e. The third kappa shape index (κ3) is 4.70. The number of thioether (sulfide) groups is 1. The van der Waals surface area contributed by atoms with Gasteiger partial charge in [0, 0.05) is 32.2 Å². The molecule has 1 aromatic carbocycles. The molecule has 0 spiro atoms. The molecule has 1 unspecified atom stereocenters. The van der Waals surface area contributed by atoms with Crippen molar-refractivity contribution in [3.63, 3.8) is 0 Å². The molecule has 1 amide bonds. The number of nitrogens with zero attached hydrogens (tertiary/aromatic N) is 6. The van der Waals surface area contributed by atoms with Crippen molar-refractivity contribution in [3.05, 3.63) is 24.3 Å². The Hall–Kier alpha value is -2.18. The molecule has 3 heterocycles. The Morgan fingerprint density at radius 3 is 2.55 bits per heavy atom. The van der Waals surface area contributed by atoms with Crippen molar-refractivity contribution in [2.45, 2.75) is 17.6 Å². The highest BCUT2D eigenvalue weighted by molar-refractivity contribution is 7.99. The number of hydrogen-bond donors (Lipinski definition) is 1. The highest BCUT2D eigenvalue weighted by Crippen LogP contribution is 2.22. The third-order valence-electron chi connectivity index (χ3n) is 5.25. The van der Waals surface area contributed by atoms with Crippen LogP contribution >= 0.6 is 11.8 Å². The Labute approximate surface area is 172 Å². The van der Waals surface area contributed by atoms with Gasteiger partial charge in [0.15, 0.2) is 9.84 Å². The van der Waals surface area contributed by atoms with E-state index in [0.29, 0.717) is 43.4 Å². The maximum Gasteiger partial charge on any atom is 0.233 e. The predicted octanol–water partition coefficient (Wildman–Crippen LogP) is -0.209. The minimum absolute atomic E-state index is 0.00829. The topological polar surface area (TPSA) is 122 Å². The Balaban J connectivity index is 1.29. The fourth-order valence-corrected chi connectivity index (χ4v) is 6.20. The zero-order valence-corrected chi connectivity index (χ0v) is 17.3. The number of aromatic nitrogens is 4. The molecule has 2 aliphatic rings. The van der Waals surface area contributed by atoms with Crippen molar-refractivity contribution in [2.75, 3.05) is 43.4 Å². The van der Waals surface area contributed by atoms with Crippen LogP contribution in [0.15, 0.2) is 29.4 Å². The first-order chi connectivity index (χ1) is 13.9. The highest BCUT2D eigenvalue weighted by Gasteiger charge is 2.34. The standard InChI is InChI=1S/C17H22N6O4S2/c24-15-3-1-13(2-4-15)23-17(18-19-20-23)28-11-16(25)22-8-6-21(7-9-22)14-5-10-29(26,27)12-14/h1-4,14,24H,5-12H2. The van der Waals surface area contributed by atoms with Gasteiger partial charge in [-0.3, -0.25) is 9.69 Å². The lowest BCUT2D eigenvalue weighted by Crippen LogP contribution is -2.52. The molecule has 1 N–H and O–H groups in total. The summed E-state index contributed by atoms with van der Waals surface area (Å²) in [4.78, 5) is 16.6. The molecule has 0 saturated carbocycles. The van der Waals surface area contributed by atoms with Crippen LogP contribution < -0.4 is 0 Å². The third-order valence-corrected chi connectivity index (χ3v) is 7.91. The average molecular weight is 439 g/mol. The first-order valence-corrected chi connectivity index (χ1v) is 12.1. The molecule has 1 aromatic heterocycles. The van der Waals surface area contributed by atoms with E-state index in [1.165, 1.54) is 16.4 Å². The summed E-state index contributed by atoms with van der Waals surface area (Å²) in [5.41, 5.74) is 0.697. The molecule has 12 heteroatoms. The molecule has 10 nitrogen and oxygen atoms in total. The molecule has 2 aliphatic heterocycles. The highest BCUT2D eigenvalue weighted by atomic mass is 32.2. The number of carbonyl (C=O) groups excluding carboxylic acids is 1. The molecule has 0 radical (unpaired) electrons. The Bertz CT molecular complexity index is 970. The van der Waals surface area contributed by atoms with Crippen LogP contribution in [0.2, 0.25) is 0 Å². The fourth-order valence-electron chi connectivity index (χ4n) is 3.64. The second kappa shape index (κ2) is 8.28. The number of aromatic hydroxyl groups is 1. The lowest BCUT2D eigenvalue weighted by atomic mass is 10.2. The number of amides is 1. The van der Waals surface area contributed by atoms with Crippen LogP contribution in [0.5, 0.6) is 5.75 Å². The molecule has 2 fully saturated rings. The number of sulfone groups is 1. The van der Waals surface area contributed by atoms with E-state index in [1.54, 1.807) is 24.3 Å². The van der Waals surface area contributed by atoms with E-state index in [9.17, 15) is 18.3 Å². The fraction of sp³-hybridized carbons (Fsp3) is 0.529. The summed E-state index contributed by atoms with van der Waals surface area (Å²) in [5, 5.41) is 21.5. The van der Waals surface area contributed by atoms with Crippen LogP contribution in [0.1, 0.15) is 6.42 Å². The summed E-state index contributed by atoms with van der Waals surface area (Å²) in [6, 6.07) is 6.57. The van der Waals surface area contributed by atoms with Crippen molar-refractivity contribution in [1.82, 2.24) is 30.0 Å². The Kier molecular flexibility index (Phi) is 5.74. The number of hydrogen-bond acceptors (Lipinski definition) is 9. The van der Waals surface area contributed by atoms with Crippen molar-refractivity contribution in [2.24, 2.45) is 0 Å². The molecule has 2 saturated heterocycles. The van der Waals surface area contributed by atoms with E-state index in [0.717, 1.165) is 0 Å². The summed E-state index contributed by atoms with van der Waals surface area (Å²) in [6.07, 6.45) is 0.687. The second-order valence-electron chi connectivity index (χ2n) is 7.15. The monoisotopic (exact) mass is 438 g/mol. The molecule has 156 valence electrons. The lowest BCUT2D eigenvalue weighted by Gasteiger charge is -2.37. The van der Waals surface area contributed by atoms with Crippen molar-refractivity contribution in [1.29, 1.82) is 0 Å². The molecular formula is C17H22N6O4S2. The van der Waals surface area contributed by atoms with Crippen LogP contribution in [0.3, 0.4) is 0 Å². The molecule has 4 rings (SSSR count). The molecular weight excluding hydrogens is 416 g/mol. The van der Waals surface area contributed by atoms with E-state index in [-0.39, 0.29) is 35.0 Å². The van der Waals surface area contributed by atoms with Gasteiger partial charge in [0.1, 0.15) is 5.75 Å². The number of benzene rings is 1. The van der Waals surface area contributed by atoms with Crippen molar-refractivity contribution in [3.8, 4) is 11.4 Å². The van der Waals surface area contributed by atoms with Gasteiger partial charge in [-0.1, -0.05) is 11.8 Å². The number of phenolic OH excluding ortho intramolecular Hbond substituents is 1. The minimum atomic E-state index is -2.90. The summed E-state index contributed by atoms with van der Waals surface area (Å²) in [6.45, 7) is 2.58. The first-order valence-electron chi connectivity index (χ1n) is 9.34. The van der Waals surface area contributed by atoms with E-state index in [2.05, 4.69) is 20.4 Å². The number of carbonyl (C=O) groups is 1. The normalized spacial score (nSPS) is 22.1. The Morgan fingerprint density at radius 1 is 1.17 bits per heavy atom. The number of piperazine rings is 1. The van der Waals surface area contributed by atoms with E-state index >= 15 is 0 Å².